The molecule has 26 heavy (non-hydrogen) atoms. The summed E-state index contributed by atoms with van der Waals surface area (Å²) in [5.41, 5.74) is 2.59. The van der Waals surface area contributed by atoms with E-state index in [0.717, 1.165) is 38.0 Å². The summed E-state index contributed by atoms with van der Waals surface area (Å²) < 4.78 is 6.19. The van der Waals surface area contributed by atoms with Crippen LogP contribution >= 0.6 is 12.4 Å². The molecule has 0 aromatic heterocycles. The topological polar surface area (TPSA) is 29.5 Å². The minimum Gasteiger partial charge on any atom is -0.492 e. The van der Waals surface area contributed by atoms with Gasteiger partial charge in [0, 0.05) is 13.1 Å². The number of ketones is 1. The molecule has 0 bridgehead atoms. The van der Waals surface area contributed by atoms with Crippen molar-refractivity contribution in [2.24, 2.45) is 0 Å². The van der Waals surface area contributed by atoms with Crippen LogP contribution in [0.3, 0.4) is 0 Å². The number of carbonyl (C=O) groups is 1. The molecule has 0 saturated carbocycles. The Morgan fingerprint density at radius 2 is 1.69 bits per heavy atom. The zero-order chi connectivity index (χ0) is 17.1. The van der Waals surface area contributed by atoms with E-state index in [0.29, 0.717) is 12.0 Å². The molecule has 2 aliphatic rings. The first-order valence-electron chi connectivity index (χ1n) is 8.97. The molecule has 4 heteroatoms. The highest BCUT2D eigenvalue weighted by Gasteiger charge is 2.42. The van der Waals surface area contributed by atoms with Gasteiger partial charge in [0.2, 0.25) is 0 Å². The maximum absolute atomic E-state index is 12.8. The largest absolute Gasteiger partial charge is 0.492 e. The molecule has 1 spiro atoms. The van der Waals surface area contributed by atoms with Crippen LogP contribution in [0.4, 0.5) is 0 Å². The van der Waals surface area contributed by atoms with Crippen LogP contribution < -0.4 is 0 Å². The molecule has 0 amide bonds. The summed E-state index contributed by atoms with van der Waals surface area (Å²) in [6.45, 7) is 2.78. The maximum atomic E-state index is 12.8. The molecule has 2 aliphatic heterocycles. The fourth-order valence-electron chi connectivity index (χ4n) is 3.93. The van der Waals surface area contributed by atoms with Crippen molar-refractivity contribution < 1.29 is 9.53 Å². The van der Waals surface area contributed by atoms with E-state index in [1.165, 1.54) is 5.56 Å². The van der Waals surface area contributed by atoms with Crippen molar-refractivity contribution in [1.82, 2.24) is 4.90 Å². The van der Waals surface area contributed by atoms with Gasteiger partial charge in [-0.2, -0.15) is 0 Å². The van der Waals surface area contributed by atoms with Crippen LogP contribution in [0.1, 0.15) is 30.4 Å². The molecular formula is C22H24ClNO2. The molecular weight excluding hydrogens is 346 g/mol. The molecule has 0 radical (unpaired) electrons. The molecule has 3 nitrogen and oxygen atoms in total. The fourth-order valence-corrected chi connectivity index (χ4v) is 3.93. The fraction of sp³-hybridized carbons (Fsp3) is 0.318. The summed E-state index contributed by atoms with van der Waals surface area (Å²) in [4.78, 5) is 15.2. The van der Waals surface area contributed by atoms with E-state index >= 15 is 0 Å². The first kappa shape index (κ1) is 18.7. The lowest BCUT2D eigenvalue weighted by Gasteiger charge is -2.43. The Balaban J connectivity index is 0.00000196. The van der Waals surface area contributed by atoms with Crippen LogP contribution in [0.5, 0.6) is 0 Å². The van der Waals surface area contributed by atoms with Crippen LogP contribution in [0, 0.1) is 0 Å². The molecule has 4 rings (SSSR count). The van der Waals surface area contributed by atoms with Gasteiger partial charge < -0.3 is 4.74 Å². The highest BCUT2D eigenvalue weighted by molar-refractivity contribution is 6.21. The van der Waals surface area contributed by atoms with Crippen molar-refractivity contribution in [3.8, 4) is 0 Å². The number of allylic oxidation sites excluding steroid dienone is 1. The summed E-state index contributed by atoms with van der Waals surface area (Å²) >= 11 is 0. The number of halogens is 1. The van der Waals surface area contributed by atoms with E-state index < -0.39 is 0 Å². The SMILES string of the molecule is Cl.O=C1CC2(CCCN(Cc3ccccc3)C2)OC=C1c1ccccc1. The minimum atomic E-state index is -0.359. The standard InChI is InChI=1S/C22H23NO2.ClH/c24-21-14-22(25-16-20(21)19-10-5-2-6-11-19)12-7-13-23(17-22)15-18-8-3-1-4-9-18;/h1-6,8-11,16H,7,12-15,17H2;1H. The number of benzene rings is 2. The second kappa shape index (κ2) is 8.07. The molecule has 1 fully saturated rings. The van der Waals surface area contributed by atoms with Crippen molar-refractivity contribution in [2.45, 2.75) is 31.4 Å². The van der Waals surface area contributed by atoms with Crippen molar-refractivity contribution >= 4 is 23.8 Å². The second-order valence-electron chi connectivity index (χ2n) is 7.10. The van der Waals surface area contributed by atoms with Gasteiger partial charge in [-0.25, -0.2) is 0 Å². The van der Waals surface area contributed by atoms with E-state index in [1.54, 1.807) is 6.26 Å². The lowest BCUT2D eigenvalue weighted by Crippen LogP contribution is -2.51. The molecule has 1 unspecified atom stereocenters. The molecule has 2 aromatic rings. The summed E-state index contributed by atoms with van der Waals surface area (Å²) in [6.07, 6.45) is 4.18. The number of ether oxygens (including phenoxy) is 1. The molecule has 1 atom stereocenters. The third-order valence-corrected chi connectivity index (χ3v) is 5.16. The van der Waals surface area contributed by atoms with Gasteiger partial charge in [-0.15, -0.1) is 12.4 Å². The summed E-state index contributed by atoms with van der Waals surface area (Å²) in [5, 5.41) is 0. The summed E-state index contributed by atoms with van der Waals surface area (Å²) in [6, 6.07) is 20.3. The van der Waals surface area contributed by atoms with Crippen LogP contribution in [0.2, 0.25) is 0 Å². The Morgan fingerprint density at radius 3 is 2.38 bits per heavy atom. The zero-order valence-electron chi connectivity index (χ0n) is 14.8. The van der Waals surface area contributed by atoms with Crippen molar-refractivity contribution in [1.29, 1.82) is 0 Å². The first-order chi connectivity index (χ1) is 12.2. The molecule has 136 valence electrons. The number of hydrogen-bond acceptors (Lipinski definition) is 3. The number of Topliss-reactive ketones (excluding diaryl/α,β-unsaturated/α-hetero) is 1. The average molecular weight is 370 g/mol. The van der Waals surface area contributed by atoms with Gasteiger partial charge in [0.25, 0.3) is 0 Å². The molecule has 1 saturated heterocycles. The Hall–Kier alpha value is -2.10. The van der Waals surface area contributed by atoms with Crippen molar-refractivity contribution in [3.05, 3.63) is 78.1 Å². The van der Waals surface area contributed by atoms with E-state index in [4.69, 9.17) is 4.74 Å². The molecule has 2 aromatic carbocycles. The van der Waals surface area contributed by atoms with Gasteiger partial charge in [-0.1, -0.05) is 60.7 Å². The number of likely N-dealkylation sites (tertiary alicyclic amines) is 1. The first-order valence-corrected chi connectivity index (χ1v) is 8.97. The van der Waals surface area contributed by atoms with E-state index in [1.807, 2.05) is 36.4 Å². The Labute approximate surface area is 161 Å². The Bertz CT molecular complexity index is 775. The van der Waals surface area contributed by atoms with Gasteiger partial charge in [0.15, 0.2) is 5.78 Å². The molecule has 0 aliphatic carbocycles. The van der Waals surface area contributed by atoms with Crippen LogP contribution in [0.15, 0.2) is 66.9 Å². The molecule has 0 N–H and O–H groups in total. The third kappa shape index (κ3) is 4.00. The van der Waals surface area contributed by atoms with Gasteiger partial charge in [-0.05, 0) is 30.5 Å². The number of hydrogen-bond donors (Lipinski definition) is 0. The van der Waals surface area contributed by atoms with Crippen LogP contribution in [0.25, 0.3) is 5.57 Å². The predicted molar refractivity (Wildman–Crippen MR) is 106 cm³/mol. The smallest absolute Gasteiger partial charge is 0.170 e. The summed E-state index contributed by atoms with van der Waals surface area (Å²) in [7, 11) is 0. The van der Waals surface area contributed by atoms with Gasteiger partial charge >= 0.3 is 0 Å². The minimum absolute atomic E-state index is 0. The second-order valence-corrected chi connectivity index (χ2v) is 7.10. The number of nitrogens with zero attached hydrogens (tertiary/aromatic N) is 1. The van der Waals surface area contributed by atoms with Crippen molar-refractivity contribution in [2.75, 3.05) is 13.1 Å². The average Bonchev–Trinajstić information content (AvgIpc) is 2.63. The maximum Gasteiger partial charge on any atom is 0.170 e. The lowest BCUT2D eigenvalue weighted by molar-refractivity contribution is -0.125. The monoisotopic (exact) mass is 369 g/mol. The number of rotatable bonds is 3. The van der Waals surface area contributed by atoms with Crippen LogP contribution in [-0.4, -0.2) is 29.4 Å². The number of piperidine rings is 1. The zero-order valence-corrected chi connectivity index (χ0v) is 15.6. The lowest BCUT2D eigenvalue weighted by atomic mass is 9.83. The van der Waals surface area contributed by atoms with Gasteiger partial charge in [0.1, 0.15) is 5.60 Å². The van der Waals surface area contributed by atoms with Crippen molar-refractivity contribution in [3.63, 3.8) is 0 Å². The van der Waals surface area contributed by atoms with Gasteiger partial charge in [0.05, 0.1) is 18.3 Å². The van der Waals surface area contributed by atoms with E-state index in [-0.39, 0.29) is 23.8 Å². The van der Waals surface area contributed by atoms with E-state index in [9.17, 15) is 4.79 Å². The third-order valence-electron chi connectivity index (χ3n) is 5.16. The Kier molecular flexibility index (Phi) is 5.80. The van der Waals surface area contributed by atoms with Gasteiger partial charge in [-0.3, -0.25) is 9.69 Å². The summed E-state index contributed by atoms with van der Waals surface area (Å²) in [5.74, 6) is 0.194. The molecule has 2 heterocycles. The number of carbonyl (C=O) groups excluding carboxylic acids is 1. The quantitative estimate of drug-likeness (QED) is 0.799. The highest BCUT2D eigenvalue weighted by atomic mass is 35.5. The Morgan fingerprint density at radius 1 is 1.00 bits per heavy atom. The normalized spacial score (nSPS) is 23.1. The highest BCUT2D eigenvalue weighted by Crippen LogP contribution is 2.36. The predicted octanol–water partition coefficient (Wildman–Crippen LogP) is 4.47. The van der Waals surface area contributed by atoms with Crippen LogP contribution in [-0.2, 0) is 16.1 Å². The van der Waals surface area contributed by atoms with E-state index in [2.05, 4.69) is 29.2 Å².